The number of carbonyl (C=O) groups is 1. The maximum Gasteiger partial charge on any atom is 0.339 e. The van der Waals surface area contributed by atoms with Gasteiger partial charge in [0.15, 0.2) is 0 Å². The quantitative estimate of drug-likeness (QED) is 0.863. The van der Waals surface area contributed by atoms with E-state index in [1.165, 1.54) is 16.8 Å². The molecule has 0 unspecified atom stereocenters. The zero-order valence-electron chi connectivity index (χ0n) is 15.4. The Kier molecular flexibility index (Phi) is 5.78. The number of carboxylic acid groups (broad SMARTS) is 1. The number of aromatic carboxylic acids is 1. The normalized spacial score (nSPS) is 15.1. The van der Waals surface area contributed by atoms with Gasteiger partial charge in [0.05, 0.1) is 0 Å². The highest BCUT2D eigenvalue weighted by Gasteiger charge is 2.19. The third-order valence-electron chi connectivity index (χ3n) is 5.07. The number of nitrogens with zero attached hydrogens (tertiary/aromatic N) is 2. The Bertz CT molecular complexity index is 768. The highest BCUT2D eigenvalue weighted by Crippen LogP contribution is 2.24. The van der Waals surface area contributed by atoms with Crippen molar-refractivity contribution in [2.24, 2.45) is 0 Å². The lowest BCUT2D eigenvalue weighted by atomic mass is 10.1. The SMILES string of the molecule is Cc1cccc(N2CCN(CCOc3ccccc3C(=O)O)CC2)c1C. The van der Waals surface area contributed by atoms with Crippen molar-refractivity contribution in [3.63, 3.8) is 0 Å². The van der Waals surface area contributed by atoms with Crippen LogP contribution < -0.4 is 9.64 Å². The number of anilines is 1. The molecule has 5 nitrogen and oxygen atoms in total. The van der Waals surface area contributed by atoms with E-state index in [2.05, 4.69) is 41.8 Å². The lowest BCUT2D eigenvalue weighted by Gasteiger charge is -2.37. The van der Waals surface area contributed by atoms with Crippen molar-refractivity contribution < 1.29 is 14.6 Å². The third-order valence-corrected chi connectivity index (χ3v) is 5.07. The van der Waals surface area contributed by atoms with Gasteiger partial charge in [0.1, 0.15) is 17.9 Å². The van der Waals surface area contributed by atoms with Crippen molar-refractivity contribution in [1.82, 2.24) is 4.90 Å². The predicted octanol–water partition coefficient (Wildman–Crippen LogP) is 3.20. The van der Waals surface area contributed by atoms with Gasteiger partial charge in [-0.25, -0.2) is 4.79 Å². The molecule has 1 saturated heterocycles. The number of carboxylic acids is 1. The topological polar surface area (TPSA) is 53.0 Å². The Hall–Kier alpha value is -2.53. The van der Waals surface area contributed by atoms with E-state index in [0.29, 0.717) is 12.4 Å². The molecule has 0 spiro atoms. The Morgan fingerprint density at radius 2 is 1.77 bits per heavy atom. The van der Waals surface area contributed by atoms with Crippen LogP contribution >= 0.6 is 0 Å². The van der Waals surface area contributed by atoms with Crippen LogP contribution in [-0.4, -0.2) is 55.3 Å². The van der Waals surface area contributed by atoms with Crippen molar-refractivity contribution in [3.05, 3.63) is 59.2 Å². The van der Waals surface area contributed by atoms with Crippen LogP contribution in [0.3, 0.4) is 0 Å². The predicted molar refractivity (Wildman–Crippen MR) is 103 cm³/mol. The minimum atomic E-state index is -0.956. The number of hydrogen-bond acceptors (Lipinski definition) is 4. The molecular weight excluding hydrogens is 328 g/mol. The summed E-state index contributed by atoms with van der Waals surface area (Å²) in [4.78, 5) is 16.0. The van der Waals surface area contributed by atoms with Crippen LogP contribution in [0.5, 0.6) is 5.75 Å². The smallest absolute Gasteiger partial charge is 0.339 e. The van der Waals surface area contributed by atoms with Gasteiger partial charge in [-0.05, 0) is 43.2 Å². The molecule has 26 heavy (non-hydrogen) atoms. The third kappa shape index (κ3) is 4.17. The molecular formula is C21H26N2O3. The first kappa shape index (κ1) is 18.3. The standard InChI is InChI=1S/C21H26N2O3/c1-16-6-5-8-19(17(16)2)23-12-10-22(11-13-23)14-15-26-20-9-4-3-7-18(20)21(24)25/h3-9H,10-15H2,1-2H3,(H,24,25). The van der Waals surface area contributed by atoms with Gasteiger partial charge in [0, 0.05) is 38.4 Å². The van der Waals surface area contributed by atoms with Crippen LogP contribution in [0, 0.1) is 13.8 Å². The van der Waals surface area contributed by atoms with E-state index in [1.807, 2.05) is 0 Å². The fourth-order valence-corrected chi connectivity index (χ4v) is 3.34. The summed E-state index contributed by atoms with van der Waals surface area (Å²) in [6.07, 6.45) is 0. The number of benzene rings is 2. The van der Waals surface area contributed by atoms with Crippen LogP contribution in [-0.2, 0) is 0 Å². The second kappa shape index (κ2) is 8.23. The Balaban J connectivity index is 1.49. The molecule has 1 fully saturated rings. The second-order valence-corrected chi connectivity index (χ2v) is 6.70. The van der Waals surface area contributed by atoms with E-state index in [9.17, 15) is 9.90 Å². The van der Waals surface area contributed by atoms with Crippen molar-refractivity contribution in [1.29, 1.82) is 0 Å². The molecule has 0 radical (unpaired) electrons. The highest BCUT2D eigenvalue weighted by molar-refractivity contribution is 5.90. The maximum absolute atomic E-state index is 11.2. The van der Waals surface area contributed by atoms with E-state index in [0.717, 1.165) is 32.7 Å². The van der Waals surface area contributed by atoms with E-state index in [-0.39, 0.29) is 5.56 Å². The highest BCUT2D eigenvalue weighted by atomic mass is 16.5. The van der Waals surface area contributed by atoms with Gasteiger partial charge >= 0.3 is 5.97 Å². The molecule has 3 rings (SSSR count). The van der Waals surface area contributed by atoms with Crippen molar-refractivity contribution in [2.75, 3.05) is 44.2 Å². The first-order valence-electron chi connectivity index (χ1n) is 9.05. The van der Waals surface area contributed by atoms with Gasteiger partial charge in [0.25, 0.3) is 0 Å². The molecule has 0 saturated carbocycles. The lowest BCUT2D eigenvalue weighted by Crippen LogP contribution is -2.47. The molecule has 1 heterocycles. The molecule has 5 heteroatoms. The van der Waals surface area contributed by atoms with Crippen LogP contribution in [0.15, 0.2) is 42.5 Å². The largest absolute Gasteiger partial charge is 0.491 e. The van der Waals surface area contributed by atoms with Gasteiger partial charge in [-0.1, -0.05) is 24.3 Å². The zero-order valence-corrected chi connectivity index (χ0v) is 15.4. The lowest BCUT2D eigenvalue weighted by molar-refractivity contribution is 0.0691. The van der Waals surface area contributed by atoms with E-state index < -0.39 is 5.97 Å². The average molecular weight is 354 g/mol. The summed E-state index contributed by atoms with van der Waals surface area (Å²) in [5, 5.41) is 9.20. The van der Waals surface area contributed by atoms with Gasteiger partial charge in [-0.15, -0.1) is 0 Å². The first-order valence-corrected chi connectivity index (χ1v) is 9.05. The first-order chi connectivity index (χ1) is 12.6. The van der Waals surface area contributed by atoms with Gasteiger partial charge in [-0.2, -0.15) is 0 Å². The van der Waals surface area contributed by atoms with Gasteiger partial charge in [-0.3, -0.25) is 4.90 Å². The molecule has 1 N–H and O–H groups in total. The number of ether oxygens (including phenoxy) is 1. The van der Waals surface area contributed by atoms with Crippen LogP contribution in [0.25, 0.3) is 0 Å². The summed E-state index contributed by atoms with van der Waals surface area (Å²) in [6, 6.07) is 13.3. The molecule has 138 valence electrons. The number of rotatable bonds is 6. The molecule has 0 atom stereocenters. The van der Waals surface area contributed by atoms with Gasteiger partial charge in [0.2, 0.25) is 0 Å². The number of hydrogen-bond donors (Lipinski definition) is 1. The summed E-state index contributed by atoms with van der Waals surface area (Å²) < 4.78 is 5.71. The second-order valence-electron chi connectivity index (χ2n) is 6.70. The molecule has 1 aliphatic heterocycles. The summed E-state index contributed by atoms with van der Waals surface area (Å²) in [6.45, 7) is 9.59. The molecule has 2 aromatic rings. The van der Waals surface area contributed by atoms with E-state index >= 15 is 0 Å². The minimum absolute atomic E-state index is 0.215. The fraction of sp³-hybridized carbons (Fsp3) is 0.381. The average Bonchev–Trinajstić information content (AvgIpc) is 2.65. The molecule has 2 aromatic carbocycles. The summed E-state index contributed by atoms with van der Waals surface area (Å²) in [7, 11) is 0. The molecule has 0 bridgehead atoms. The Morgan fingerprint density at radius 3 is 2.50 bits per heavy atom. The van der Waals surface area contributed by atoms with Crippen LogP contribution in [0.2, 0.25) is 0 Å². The fourth-order valence-electron chi connectivity index (χ4n) is 3.34. The van der Waals surface area contributed by atoms with Crippen molar-refractivity contribution >= 4 is 11.7 Å². The minimum Gasteiger partial charge on any atom is -0.491 e. The summed E-state index contributed by atoms with van der Waals surface area (Å²) in [5.74, 6) is -0.517. The molecule has 0 aliphatic carbocycles. The Labute approximate surface area is 154 Å². The summed E-state index contributed by atoms with van der Waals surface area (Å²) >= 11 is 0. The van der Waals surface area contributed by atoms with Crippen molar-refractivity contribution in [2.45, 2.75) is 13.8 Å². The maximum atomic E-state index is 11.2. The van der Waals surface area contributed by atoms with Crippen LogP contribution in [0.1, 0.15) is 21.5 Å². The van der Waals surface area contributed by atoms with Crippen molar-refractivity contribution in [3.8, 4) is 5.75 Å². The molecule has 0 aromatic heterocycles. The van der Waals surface area contributed by atoms with E-state index in [4.69, 9.17) is 4.74 Å². The van der Waals surface area contributed by atoms with E-state index in [1.54, 1.807) is 24.3 Å². The number of para-hydroxylation sites is 1. The number of aryl methyl sites for hydroxylation is 1. The van der Waals surface area contributed by atoms with Crippen LogP contribution in [0.4, 0.5) is 5.69 Å². The number of piperazine rings is 1. The molecule has 1 aliphatic rings. The van der Waals surface area contributed by atoms with Gasteiger partial charge < -0.3 is 14.7 Å². The molecule has 0 amide bonds. The Morgan fingerprint density at radius 1 is 1.04 bits per heavy atom. The zero-order chi connectivity index (χ0) is 18.5. The summed E-state index contributed by atoms with van der Waals surface area (Å²) in [5.41, 5.74) is 4.23. The monoisotopic (exact) mass is 354 g/mol.